The Morgan fingerprint density at radius 1 is 1.33 bits per heavy atom. The Bertz CT molecular complexity index is 371. The predicted molar refractivity (Wildman–Crippen MR) is 68.1 cm³/mol. The van der Waals surface area contributed by atoms with E-state index in [-0.39, 0.29) is 5.84 Å². The first-order valence-corrected chi connectivity index (χ1v) is 5.74. The van der Waals surface area contributed by atoms with Crippen molar-refractivity contribution in [2.75, 3.05) is 33.5 Å². The van der Waals surface area contributed by atoms with Crippen LogP contribution in [0.1, 0.15) is 12.1 Å². The zero-order valence-electron chi connectivity index (χ0n) is 10.5. The Kier molecular flexibility index (Phi) is 6.75. The van der Waals surface area contributed by atoms with E-state index >= 15 is 0 Å². The smallest absolute Gasteiger partial charge is 0.141 e. The van der Waals surface area contributed by atoms with Gasteiger partial charge in [-0.1, -0.05) is 0 Å². The summed E-state index contributed by atoms with van der Waals surface area (Å²) >= 11 is 0. The van der Waals surface area contributed by atoms with Gasteiger partial charge >= 0.3 is 0 Å². The number of nitrogens with two attached hydrogens (primary N) is 1. The van der Waals surface area contributed by atoms with Crippen molar-refractivity contribution in [3.63, 3.8) is 0 Å². The molecule has 0 spiro atoms. The minimum atomic E-state index is -0.0663. The third-order valence-electron chi connectivity index (χ3n) is 2.14. The normalized spacial score (nSPS) is 10.3. The van der Waals surface area contributed by atoms with Gasteiger partial charge in [0.05, 0.1) is 19.8 Å². The molecule has 0 radical (unpaired) electrons. The number of methoxy groups -OCH3 is 1. The second-order valence-electron chi connectivity index (χ2n) is 3.60. The molecule has 6 heteroatoms. The fraction of sp³-hybridized carbons (Fsp3) is 0.500. The topological polar surface area (TPSA) is 90.5 Å². The molecule has 0 bridgehead atoms. The molecule has 1 rings (SSSR count). The van der Waals surface area contributed by atoms with Crippen LogP contribution in [0.5, 0.6) is 5.75 Å². The van der Waals surface area contributed by atoms with Crippen molar-refractivity contribution >= 4 is 5.84 Å². The highest BCUT2D eigenvalue weighted by molar-refractivity contribution is 5.93. The molecule has 6 nitrogen and oxygen atoms in total. The van der Waals surface area contributed by atoms with Gasteiger partial charge in [-0.2, -0.15) is 0 Å². The van der Waals surface area contributed by atoms with E-state index < -0.39 is 0 Å². The molecule has 0 aliphatic carbocycles. The van der Waals surface area contributed by atoms with E-state index in [1.54, 1.807) is 25.4 Å². The average Bonchev–Trinajstić information content (AvgIpc) is 2.38. The molecule has 0 aliphatic heterocycles. The summed E-state index contributed by atoms with van der Waals surface area (Å²) in [4.78, 5) is 3.95. The average molecular weight is 253 g/mol. The fourth-order valence-electron chi connectivity index (χ4n) is 1.24. The first-order chi connectivity index (χ1) is 8.74. The number of rotatable bonds is 9. The molecule has 0 aliphatic rings. The van der Waals surface area contributed by atoms with Crippen molar-refractivity contribution in [2.24, 2.45) is 5.73 Å². The van der Waals surface area contributed by atoms with Gasteiger partial charge in [-0.05, 0) is 6.07 Å². The van der Waals surface area contributed by atoms with E-state index in [9.17, 15) is 0 Å². The monoisotopic (exact) mass is 253 g/mol. The molecule has 0 fully saturated rings. The standard InChI is InChI=1S/C12H19N3O3/c1-16-7-8-17-5-2-6-18-10-3-4-15-11(9-10)12(13)14/h3-4,9H,2,5-8H2,1H3,(H3,13,14). The minimum absolute atomic E-state index is 0.0663. The second-order valence-corrected chi connectivity index (χ2v) is 3.60. The lowest BCUT2D eigenvalue weighted by Crippen LogP contribution is -2.13. The minimum Gasteiger partial charge on any atom is -0.493 e. The largest absolute Gasteiger partial charge is 0.493 e. The van der Waals surface area contributed by atoms with Crippen molar-refractivity contribution in [1.29, 1.82) is 5.41 Å². The zero-order valence-corrected chi connectivity index (χ0v) is 10.5. The van der Waals surface area contributed by atoms with E-state index in [1.165, 1.54) is 0 Å². The van der Waals surface area contributed by atoms with Crippen molar-refractivity contribution in [3.05, 3.63) is 24.0 Å². The van der Waals surface area contributed by atoms with Crippen molar-refractivity contribution in [2.45, 2.75) is 6.42 Å². The van der Waals surface area contributed by atoms with E-state index in [0.717, 1.165) is 6.42 Å². The molecule has 0 amide bonds. The van der Waals surface area contributed by atoms with Crippen LogP contribution in [-0.4, -0.2) is 44.4 Å². The lowest BCUT2D eigenvalue weighted by atomic mass is 10.3. The molecule has 1 aromatic heterocycles. The number of aromatic nitrogens is 1. The summed E-state index contributed by atoms with van der Waals surface area (Å²) in [5.41, 5.74) is 5.76. The van der Waals surface area contributed by atoms with E-state index in [0.29, 0.717) is 37.9 Å². The number of nitrogens with zero attached hydrogens (tertiary/aromatic N) is 1. The van der Waals surface area contributed by atoms with E-state index in [2.05, 4.69) is 4.98 Å². The molecule has 0 saturated heterocycles. The molecule has 0 unspecified atom stereocenters. The maximum Gasteiger partial charge on any atom is 0.141 e. The van der Waals surface area contributed by atoms with E-state index in [4.69, 9.17) is 25.4 Å². The number of ether oxygens (including phenoxy) is 3. The van der Waals surface area contributed by atoms with Gasteiger partial charge in [0.2, 0.25) is 0 Å². The van der Waals surface area contributed by atoms with Crippen LogP contribution in [0.2, 0.25) is 0 Å². The highest BCUT2D eigenvalue weighted by atomic mass is 16.5. The maximum absolute atomic E-state index is 7.27. The van der Waals surface area contributed by atoms with Crippen LogP contribution in [0.15, 0.2) is 18.3 Å². The Morgan fingerprint density at radius 3 is 2.89 bits per heavy atom. The van der Waals surface area contributed by atoms with Gasteiger partial charge in [-0.3, -0.25) is 10.4 Å². The first kappa shape index (κ1) is 14.4. The maximum atomic E-state index is 7.27. The highest BCUT2D eigenvalue weighted by Crippen LogP contribution is 2.10. The third-order valence-corrected chi connectivity index (χ3v) is 2.14. The Hall–Kier alpha value is -1.66. The molecule has 0 saturated carbocycles. The molecule has 0 atom stereocenters. The Labute approximate surface area is 107 Å². The molecule has 0 aromatic carbocycles. The van der Waals surface area contributed by atoms with Gasteiger partial charge in [0, 0.05) is 32.4 Å². The Balaban J connectivity index is 2.19. The fourth-order valence-corrected chi connectivity index (χ4v) is 1.24. The van der Waals surface area contributed by atoms with Crippen LogP contribution >= 0.6 is 0 Å². The summed E-state index contributed by atoms with van der Waals surface area (Å²) in [6.45, 7) is 2.38. The number of nitrogens with one attached hydrogen (secondary N) is 1. The number of pyridine rings is 1. The zero-order chi connectivity index (χ0) is 13.2. The SMILES string of the molecule is COCCOCCCOc1ccnc(C(=N)N)c1. The second kappa shape index (κ2) is 8.43. The van der Waals surface area contributed by atoms with Crippen molar-refractivity contribution in [1.82, 2.24) is 4.98 Å². The predicted octanol–water partition coefficient (Wildman–Crippen LogP) is 0.798. The number of nitrogen functional groups attached to an aromatic ring is 1. The van der Waals surface area contributed by atoms with Gasteiger partial charge in [0.1, 0.15) is 17.3 Å². The number of hydrogen-bond acceptors (Lipinski definition) is 5. The summed E-state index contributed by atoms with van der Waals surface area (Å²) in [5.74, 6) is 0.593. The van der Waals surface area contributed by atoms with Gasteiger partial charge < -0.3 is 19.9 Å². The molecular formula is C12H19N3O3. The van der Waals surface area contributed by atoms with Gasteiger partial charge in [-0.15, -0.1) is 0 Å². The summed E-state index contributed by atoms with van der Waals surface area (Å²) in [5, 5.41) is 7.27. The summed E-state index contributed by atoms with van der Waals surface area (Å²) in [6.07, 6.45) is 2.36. The molecule has 18 heavy (non-hydrogen) atoms. The van der Waals surface area contributed by atoms with Crippen LogP contribution in [0.25, 0.3) is 0 Å². The van der Waals surface area contributed by atoms with Gasteiger partial charge in [0.15, 0.2) is 0 Å². The summed E-state index contributed by atoms with van der Waals surface area (Å²) in [6, 6.07) is 3.38. The summed E-state index contributed by atoms with van der Waals surface area (Å²) in [7, 11) is 1.64. The van der Waals surface area contributed by atoms with Crippen molar-refractivity contribution in [3.8, 4) is 5.75 Å². The van der Waals surface area contributed by atoms with E-state index in [1.807, 2.05) is 0 Å². The number of amidine groups is 1. The van der Waals surface area contributed by atoms with Crippen LogP contribution in [-0.2, 0) is 9.47 Å². The highest BCUT2D eigenvalue weighted by Gasteiger charge is 2.00. The lowest BCUT2D eigenvalue weighted by molar-refractivity contribution is 0.0644. The van der Waals surface area contributed by atoms with Gasteiger partial charge in [-0.25, -0.2) is 0 Å². The quantitative estimate of drug-likeness (QED) is 0.386. The number of hydrogen-bond donors (Lipinski definition) is 2. The van der Waals surface area contributed by atoms with Crippen LogP contribution in [0.4, 0.5) is 0 Å². The molecule has 1 aromatic rings. The third kappa shape index (κ3) is 5.60. The molecule has 1 heterocycles. The first-order valence-electron chi connectivity index (χ1n) is 5.74. The molecular weight excluding hydrogens is 234 g/mol. The van der Waals surface area contributed by atoms with Gasteiger partial charge in [0.25, 0.3) is 0 Å². The van der Waals surface area contributed by atoms with Crippen LogP contribution in [0.3, 0.4) is 0 Å². The summed E-state index contributed by atoms with van der Waals surface area (Å²) < 4.78 is 15.7. The van der Waals surface area contributed by atoms with Crippen LogP contribution < -0.4 is 10.5 Å². The van der Waals surface area contributed by atoms with Crippen molar-refractivity contribution < 1.29 is 14.2 Å². The van der Waals surface area contributed by atoms with Crippen LogP contribution in [0, 0.1) is 5.41 Å². The molecule has 100 valence electrons. The Morgan fingerprint density at radius 2 is 2.17 bits per heavy atom. The lowest BCUT2D eigenvalue weighted by Gasteiger charge is -2.07. The molecule has 3 N–H and O–H groups in total.